The molecule has 0 radical (unpaired) electrons. The first kappa shape index (κ1) is 16.4. The zero-order valence-corrected chi connectivity index (χ0v) is 13.4. The van der Waals surface area contributed by atoms with E-state index in [0.29, 0.717) is 17.9 Å². The maximum atomic E-state index is 11.9. The van der Waals surface area contributed by atoms with Gasteiger partial charge in [-0.15, -0.1) is 0 Å². The van der Waals surface area contributed by atoms with Crippen molar-refractivity contribution in [3.8, 4) is 5.82 Å². The Morgan fingerprint density at radius 3 is 2.52 bits per heavy atom. The van der Waals surface area contributed by atoms with E-state index in [2.05, 4.69) is 20.7 Å². The van der Waals surface area contributed by atoms with Crippen molar-refractivity contribution in [2.45, 2.75) is 6.54 Å². The van der Waals surface area contributed by atoms with Crippen molar-refractivity contribution < 1.29 is 9.59 Å². The van der Waals surface area contributed by atoms with Gasteiger partial charge in [0.15, 0.2) is 5.82 Å². The Morgan fingerprint density at radius 1 is 1.00 bits per heavy atom. The average Bonchev–Trinajstić information content (AvgIpc) is 3.20. The lowest BCUT2D eigenvalue weighted by atomic mass is 10.2. The number of carbonyl (C=O) groups is 2. The topological polar surface area (TPSA) is 88.9 Å². The van der Waals surface area contributed by atoms with Gasteiger partial charge in [0.05, 0.1) is 6.54 Å². The quantitative estimate of drug-likeness (QED) is 0.711. The van der Waals surface area contributed by atoms with E-state index >= 15 is 0 Å². The summed E-state index contributed by atoms with van der Waals surface area (Å²) in [7, 11) is 0. The van der Waals surface area contributed by atoms with Crippen molar-refractivity contribution in [3.63, 3.8) is 0 Å². The van der Waals surface area contributed by atoms with Gasteiger partial charge < -0.3 is 10.6 Å². The highest BCUT2D eigenvalue weighted by molar-refractivity contribution is 5.96. The Balaban J connectivity index is 1.45. The Kier molecular flexibility index (Phi) is 5.16. The summed E-state index contributed by atoms with van der Waals surface area (Å²) >= 11 is 0. The fourth-order valence-corrected chi connectivity index (χ4v) is 2.18. The molecule has 1 aromatic carbocycles. The summed E-state index contributed by atoms with van der Waals surface area (Å²) in [5, 5.41) is 9.43. The van der Waals surface area contributed by atoms with E-state index in [-0.39, 0.29) is 18.4 Å². The van der Waals surface area contributed by atoms with Crippen molar-refractivity contribution in [1.29, 1.82) is 0 Å². The average molecular weight is 335 g/mol. The Labute approximate surface area is 144 Å². The maximum Gasteiger partial charge on any atom is 0.251 e. The summed E-state index contributed by atoms with van der Waals surface area (Å²) < 4.78 is 1.65. The zero-order valence-electron chi connectivity index (χ0n) is 13.4. The second-order valence-corrected chi connectivity index (χ2v) is 5.30. The Hall–Kier alpha value is -3.48. The van der Waals surface area contributed by atoms with Gasteiger partial charge in [-0.25, -0.2) is 9.67 Å². The lowest BCUT2D eigenvalue weighted by molar-refractivity contribution is -0.120. The summed E-state index contributed by atoms with van der Waals surface area (Å²) in [5.74, 6) is 0.164. The highest BCUT2D eigenvalue weighted by Crippen LogP contribution is 2.04. The highest BCUT2D eigenvalue weighted by atomic mass is 16.2. The number of amides is 2. The third-order valence-corrected chi connectivity index (χ3v) is 3.48. The predicted octanol–water partition coefficient (Wildman–Crippen LogP) is 1.31. The number of hydrogen-bond donors (Lipinski definition) is 2. The fraction of sp³-hybridized carbons (Fsp3) is 0.111. The number of hydrogen-bond acceptors (Lipinski definition) is 4. The Morgan fingerprint density at radius 2 is 1.84 bits per heavy atom. The number of pyridine rings is 1. The zero-order chi connectivity index (χ0) is 17.5. The van der Waals surface area contributed by atoms with Crippen LogP contribution in [0.2, 0.25) is 0 Å². The molecule has 2 aromatic heterocycles. The van der Waals surface area contributed by atoms with Crippen molar-refractivity contribution in [3.05, 3.63) is 78.2 Å². The molecule has 7 heteroatoms. The molecule has 0 atom stereocenters. The molecule has 2 heterocycles. The van der Waals surface area contributed by atoms with Crippen LogP contribution < -0.4 is 10.6 Å². The van der Waals surface area contributed by atoms with Gasteiger partial charge >= 0.3 is 0 Å². The smallest absolute Gasteiger partial charge is 0.251 e. The van der Waals surface area contributed by atoms with Gasteiger partial charge in [-0.3, -0.25) is 9.59 Å². The molecule has 0 bridgehead atoms. The molecule has 3 rings (SSSR count). The number of aromatic nitrogens is 3. The Bertz CT molecular complexity index is 830. The molecule has 0 unspecified atom stereocenters. The molecule has 2 amide bonds. The summed E-state index contributed by atoms with van der Waals surface area (Å²) in [5.41, 5.74) is 1.38. The van der Waals surface area contributed by atoms with Crippen LogP contribution in [0.25, 0.3) is 5.82 Å². The predicted molar refractivity (Wildman–Crippen MR) is 92.0 cm³/mol. The van der Waals surface area contributed by atoms with E-state index in [0.717, 1.165) is 5.56 Å². The van der Waals surface area contributed by atoms with E-state index in [9.17, 15) is 9.59 Å². The minimum Gasteiger partial charge on any atom is -0.350 e. The van der Waals surface area contributed by atoms with Crippen LogP contribution in [0.3, 0.4) is 0 Å². The van der Waals surface area contributed by atoms with E-state index in [1.165, 1.54) is 0 Å². The summed E-state index contributed by atoms with van der Waals surface area (Å²) in [6.07, 6.45) is 5.17. The van der Waals surface area contributed by atoms with Gasteiger partial charge in [-0.2, -0.15) is 5.10 Å². The molecule has 0 fully saturated rings. The summed E-state index contributed by atoms with van der Waals surface area (Å²) in [6.45, 7) is 0.263. The van der Waals surface area contributed by atoms with Gasteiger partial charge in [0.2, 0.25) is 5.91 Å². The van der Waals surface area contributed by atoms with Crippen LogP contribution in [-0.4, -0.2) is 33.1 Å². The van der Waals surface area contributed by atoms with Gasteiger partial charge in [-0.05, 0) is 29.8 Å². The lowest BCUT2D eigenvalue weighted by Gasteiger charge is -2.07. The van der Waals surface area contributed by atoms with Gasteiger partial charge in [0.25, 0.3) is 5.91 Å². The number of rotatable bonds is 6. The molecule has 0 saturated carbocycles. The molecule has 7 nitrogen and oxygen atoms in total. The van der Waals surface area contributed by atoms with E-state index in [1.807, 2.05) is 24.3 Å². The first-order valence-corrected chi connectivity index (χ1v) is 7.77. The summed E-state index contributed by atoms with van der Waals surface area (Å²) in [6, 6.07) is 14.3. The van der Waals surface area contributed by atoms with Gasteiger partial charge in [-0.1, -0.05) is 24.3 Å². The molecule has 0 aliphatic carbocycles. The molecule has 25 heavy (non-hydrogen) atoms. The minimum atomic E-state index is -0.277. The lowest BCUT2D eigenvalue weighted by Crippen LogP contribution is -2.36. The molecule has 0 aliphatic rings. The standard InChI is InChI=1S/C18H17N5O2/c24-17(13-21-18(25)15-5-2-1-3-6-15)20-12-14-7-8-16(19-11-14)23-10-4-9-22-23/h1-11H,12-13H2,(H,20,24)(H,21,25). The van der Waals surface area contributed by atoms with E-state index in [1.54, 1.807) is 47.5 Å². The SMILES string of the molecule is O=C(CNC(=O)c1ccccc1)NCc1ccc(-n2cccn2)nc1. The third-order valence-electron chi connectivity index (χ3n) is 3.48. The second kappa shape index (κ2) is 7.87. The van der Waals surface area contributed by atoms with Crippen molar-refractivity contribution in [2.75, 3.05) is 6.54 Å². The van der Waals surface area contributed by atoms with Crippen LogP contribution in [-0.2, 0) is 11.3 Å². The third kappa shape index (κ3) is 4.51. The molecule has 0 aliphatic heterocycles. The van der Waals surface area contributed by atoms with Crippen LogP contribution in [0.1, 0.15) is 15.9 Å². The molecule has 0 saturated heterocycles. The number of benzene rings is 1. The van der Waals surface area contributed by atoms with E-state index < -0.39 is 0 Å². The highest BCUT2D eigenvalue weighted by Gasteiger charge is 2.07. The van der Waals surface area contributed by atoms with Crippen molar-refractivity contribution >= 4 is 11.8 Å². The van der Waals surface area contributed by atoms with Gasteiger partial charge in [0, 0.05) is 30.7 Å². The largest absolute Gasteiger partial charge is 0.350 e. The minimum absolute atomic E-state index is 0.0769. The van der Waals surface area contributed by atoms with Crippen molar-refractivity contribution in [2.24, 2.45) is 0 Å². The molecular weight excluding hydrogens is 318 g/mol. The summed E-state index contributed by atoms with van der Waals surface area (Å²) in [4.78, 5) is 28.0. The molecular formula is C18H17N5O2. The van der Waals surface area contributed by atoms with Gasteiger partial charge in [0.1, 0.15) is 0 Å². The fourth-order valence-electron chi connectivity index (χ4n) is 2.18. The first-order chi connectivity index (χ1) is 12.2. The second-order valence-electron chi connectivity index (χ2n) is 5.30. The molecule has 2 N–H and O–H groups in total. The monoisotopic (exact) mass is 335 g/mol. The van der Waals surface area contributed by atoms with Crippen LogP contribution in [0, 0.1) is 0 Å². The van der Waals surface area contributed by atoms with Crippen molar-refractivity contribution in [1.82, 2.24) is 25.4 Å². The number of carbonyl (C=O) groups excluding carboxylic acids is 2. The number of nitrogens with one attached hydrogen (secondary N) is 2. The number of nitrogens with zero attached hydrogens (tertiary/aromatic N) is 3. The van der Waals surface area contributed by atoms with Crippen LogP contribution >= 0.6 is 0 Å². The van der Waals surface area contributed by atoms with Crippen LogP contribution in [0.4, 0.5) is 0 Å². The van der Waals surface area contributed by atoms with Crippen LogP contribution in [0.5, 0.6) is 0 Å². The maximum absolute atomic E-state index is 11.9. The molecule has 0 spiro atoms. The molecule has 126 valence electrons. The molecule has 3 aromatic rings. The normalized spacial score (nSPS) is 10.2. The first-order valence-electron chi connectivity index (χ1n) is 7.77. The van der Waals surface area contributed by atoms with Crippen LogP contribution in [0.15, 0.2) is 67.1 Å². The van der Waals surface area contributed by atoms with E-state index in [4.69, 9.17) is 0 Å².